The Balaban J connectivity index is 1.53. The maximum atomic E-state index is 14.1. The van der Waals surface area contributed by atoms with Gasteiger partial charge in [-0.2, -0.15) is 0 Å². The summed E-state index contributed by atoms with van der Waals surface area (Å²) >= 11 is 0. The smallest absolute Gasteiger partial charge is 0.278 e. The van der Waals surface area contributed by atoms with Crippen LogP contribution in [0.25, 0.3) is 21.9 Å². The van der Waals surface area contributed by atoms with Crippen LogP contribution in [0.3, 0.4) is 0 Å². The Labute approximate surface area is 200 Å². The van der Waals surface area contributed by atoms with Gasteiger partial charge in [-0.1, -0.05) is 30.3 Å². The van der Waals surface area contributed by atoms with Gasteiger partial charge in [-0.05, 0) is 55.0 Å². The average Bonchev–Trinajstić information content (AvgIpc) is 3.16. The number of halogens is 1. The van der Waals surface area contributed by atoms with Crippen molar-refractivity contribution < 1.29 is 13.9 Å². The Morgan fingerprint density at radius 3 is 2.57 bits per heavy atom. The van der Waals surface area contributed by atoms with Crippen LogP contribution in [0.4, 0.5) is 10.1 Å². The van der Waals surface area contributed by atoms with Crippen LogP contribution in [0, 0.1) is 5.82 Å². The molecular weight excluding hydrogens is 447 g/mol. The third-order valence-corrected chi connectivity index (χ3v) is 5.73. The molecule has 0 aliphatic heterocycles. The summed E-state index contributed by atoms with van der Waals surface area (Å²) in [6, 6.07) is 20.8. The number of hydrogen-bond donors (Lipinski definition) is 1. The highest BCUT2D eigenvalue weighted by Gasteiger charge is 2.19. The Morgan fingerprint density at radius 1 is 1.06 bits per heavy atom. The zero-order chi connectivity index (χ0) is 24.4. The minimum Gasteiger partial charge on any atom is -0.494 e. The molecule has 0 aliphatic rings. The maximum absolute atomic E-state index is 14.1. The fourth-order valence-electron chi connectivity index (χ4n) is 4.17. The van der Waals surface area contributed by atoms with Crippen molar-refractivity contribution in [3.05, 3.63) is 101 Å². The van der Waals surface area contributed by atoms with Crippen molar-refractivity contribution in [2.75, 3.05) is 11.9 Å². The highest BCUT2D eigenvalue weighted by atomic mass is 19.1. The molecule has 7 nitrogen and oxygen atoms in total. The van der Waals surface area contributed by atoms with Crippen LogP contribution < -0.4 is 15.6 Å². The fourth-order valence-corrected chi connectivity index (χ4v) is 4.17. The lowest BCUT2D eigenvalue weighted by atomic mass is 10.2. The molecule has 8 heteroatoms. The molecular formula is C27H23FN4O3. The Hall–Kier alpha value is -4.46. The second-order valence-corrected chi connectivity index (χ2v) is 8.11. The Kier molecular flexibility index (Phi) is 6.01. The van der Waals surface area contributed by atoms with E-state index in [0.29, 0.717) is 41.0 Å². The fraction of sp³-hybridized carbons (Fsp3) is 0.148. The molecule has 0 saturated carbocycles. The molecule has 5 aromatic rings. The van der Waals surface area contributed by atoms with Gasteiger partial charge in [0.25, 0.3) is 5.56 Å². The molecule has 5 rings (SSSR count). The standard InChI is InChI=1S/C27H23FN4O3/c1-2-35-21-11-9-20(10-12-21)30-24(33)16-32-23-13-8-19(28)14-22(23)25-26(32)27(34)31(17-29-25)15-18-6-4-3-5-7-18/h3-14,17H,2,15-16H2,1H3,(H,30,33). The Morgan fingerprint density at radius 2 is 1.83 bits per heavy atom. The summed E-state index contributed by atoms with van der Waals surface area (Å²) in [5.74, 6) is -0.0548. The molecule has 0 saturated heterocycles. The van der Waals surface area contributed by atoms with Crippen LogP contribution in [0.2, 0.25) is 0 Å². The summed E-state index contributed by atoms with van der Waals surface area (Å²) < 4.78 is 22.6. The van der Waals surface area contributed by atoms with Crippen LogP contribution in [-0.4, -0.2) is 26.6 Å². The van der Waals surface area contributed by atoms with Gasteiger partial charge in [-0.15, -0.1) is 0 Å². The summed E-state index contributed by atoms with van der Waals surface area (Å²) in [5, 5.41) is 3.33. The minimum atomic E-state index is -0.439. The van der Waals surface area contributed by atoms with Crippen molar-refractivity contribution in [2.24, 2.45) is 0 Å². The van der Waals surface area contributed by atoms with Crippen molar-refractivity contribution in [3.63, 3.8) is 0 Å². The van der Waals surface area contributed by atoms with Gasteiger partial charge in [-0.3, -0.25) is 14.2 Å². The van der Waals surface area contributed by atoms with Crippen molar-refractivity contribution in [1.29, 1.82) is 0 Å². The van der Waals surface area contributed by atoms with Gasteiger partial charge in [0.2, 0.25) is 5.91 Å². The van der Waals surface area contributed by atoms with Gasteiger partial charge >= 0.3 is 0 Å². The van der Waals surface area contributed by atoms with Crippen LogP contribution in [0.5, 0.6) is 5.75 Å². The van der Waals surface area contributed by atoms with Gasteiger partial charge in [-0.25, -0.2) is 9.37 Å². The first kappa shape index (κ1) is 22.3. The van der Waals surface area contributed by atoms with Gasteiger partial charge in [0.1, 0.15) is 29.1 Å². The topological polar surface area (TPSA) is 78.2 Å². The Bertz CT molecular complexity index is 1570. The molecule has 1 N–H and O–H groups in total. The number of fused-ring (bicyclic) bond motifs is 3. The lowest BCUT2D eigenvalue weighted by molar-refractivity contribution is -0.116. The zero-order valence-electron chi connectivity index (χ0n) is 19.1. The summed E-state index contributed by atoms with van der Waals surface area (Å²) in [7, 11) is 0. The molecule has 2 aromatic heterocycles. The highest BCUT2D eigenvalue weighted by Crippen LogP contribution is 2.26. The molecule has 0 unspecified atom stereocenters. The van der Waals surface area contributed by atoms with Gasteiger partial charge in [0.05, 0.1) is 25.0 Å². The summed E-state index contributed by atoms with van der Waals surface area (Å²) in [4.78, 5) is 31.0. The van der Waals surface area contributed by atoms with E-state index in [1.54, 1.807) is 34.9 Å². The quantitative estimate of drug-likeness (QED) is 0.378. The van der Waals surface area contributed by atoms with E-state index in [9.17, 15) is 14.0 Å². The summed E-state index contributed by atoms with van der Waals surface area (Å²) in [6.45, 7) is 2.65. The lowest BCUT2D eigenvalue weighted by Gasteiger charge is -2.10. The molecule has 176 valence electrons. The number of rotatable bonds is 7. The van der Waals surface area contributed by atoms with Crippen LogP contribution in [0.15, 0.2) is 83.9 Å². The first-order valence-electron chi connectivity index (χ1n) is 11.3. The number of nitrogens with one attached hydrogen (secondary N) is 1. The van der Waals surface area contributed by atoms with E-state index in [0.717, 1.165) is 5.56 Å². The molecule has 1 amide bonds. The molecule has 0 atom stereocenters. The maximum Gasteiger partial charge on any atom is 0.278 e. The predicted molar refractivity (Wildman–Crippen MR) is 133 cm³/mol. The van der Waals surface area contributed by atoms with Crippen LogP contribution in [0.1, 0.15) is 12.5 Å². The summed E-state index contributed by atoms with van der Waals surface area (Å²) in [6.07, 6.45) is 1.46. The van der Waals surface area contributed by atoms with E-state index in [1.807, 2.05) is 37.3 Å². The molecule has 0 spiro atoms. The molecule has 0 fully saturated rings. The predicted octanol–water partition coefficient (Wildman–Crippen LogP) is 4.58. The largest absolute Gasteiger partial charge is 0.494 e. The first-order chi connectivity index (χ1) is 17.0. The van der Waals surface area contributed by atoms with Crippen molar-refractivity contribution in [1.82, 2.24) is 14.1 Å². The van der Waals surface area contributed by atoms with E-state index in [4.69, 9.17) is 4.74 Å². The van der Waals surface area contributed by atoms with Crippen LogP contribution >= 0.6 is 0 Å². The van der Waals surface area contributed by atoms with Gasteiger partial charge in [0, 0.05) is 11.1 Å². The van der Waals surface area contributed by atoms with E-state index < -0.39 is 5.82 Å². The molecule has 0 radical (unpaired) electrons. The number of carbonyl (C=O) groups is 1. The number of anilines is 1. The number of carbonyl (C=O) groups excluding carboxylic acids is 1. The zero-order valence-corrected chi connectivity index (χ0v) is 19.1. The molecule has 3 aromatic carbocycles. The third-order valence-electron chi connectivity index (χ3n) is 5.73. The average molecular weight is 471 g/mol. The minimum absolute atomic E-state index is 0.134. The first-order valence-corrected chi connectivity index (χ1v) is 11.3. The molecule has 35 heavy (non-hydrogen) atoms. The number of ether oxygens (including phenoxy) is 1. The number of aromatic nitrogens is 3. The molecule has 0 aliphatic carbocycles. The lowest BCUT2D eigenvalue weighted by Crippen LogP contribution is -2.25. The van der Waals surface area contributed by atoms with Crippen molar-refractivity contribution >= 4 is 33.5 Å². The van der Waals surface area contributed by atoms with E-state index in [-0.39, 0.29) is 23.5 Å². The van der Waals surface area contributed by atoms with Gasteiger partial charge < -0.3 is 14.6 Å². The van der Waals surface area contributed by atoms with Gasteiger partial charge in [0.15, 0.2) is 0 Å². The van der Waals surface area contributed by atoms with Crippen molar-refractivity contribution in [2.45, 2.75) is 20.0 Å². The van der Waals surface area contributed by atoms with E-state index in [2.05, 4.69) is 10.3 Å². The monoisotopic (exact) mass is 470 g/mol. The normalized spacial score (nSPS) is 11.1. The summed E-state index contributed by atoms with van der Waals surface area (Å²) in [5.41, 5.74) is 2.42. The number of hydrogen-bond acceptors (Lipinski definition) is 4. The van der Waals surface area contributed by atoms with E-state index >= 15 is 0 Å². The molecule has 0 bridgehead atoms. The SMILES string of the molecule is CCOc1ccc(NC(=O)Cn2c3ccc(F)cc3c3ncn(Cc4ccccc4)c(=O)c32)cc1. The van der Waals surface area contributed by atoms with Crippen molar-refractivity contribution in [3.8, 4) is 5.75 Å². The van der Waals surface area contributed by atoms with Crippen LogP contribution in [-0.2, 0) is 17.9 Å². The van der Waals surface area contributed by atoms with E-state index in [1.165, 1.54) is 23.0 Å². The second kappa shape index (κ2) is 9.42. The highest BCUT2D eigenvalue weighted by molar-refractivity contribution is 6.06. The number of nitrogens with zero attached hydrogens (tertiary/aromatic N) is 3. The number of benzene rings is 3. The third kappa shape index (κ3) is 4.50. The molecule has 2 heterocycles. The number of amides is 1. The second-order valence-electron chi connectivity index (χ2n) is 8.11.